The molecule has 128 valence electrons. The Hall–Kier alpha value is -1.76. The van der Waals surface area contributed by atoms with Crippen LogP contribution >= 0.6 is 11.3 Å². The molecule has 1 atom stereocenters. The number of carbonyl (C=O) groups is 1. The van der Waals surface area contributed by atoms with Gasteiger partial charge in [0.15, 0.2) is 5.13 Å². The number of likely N-dealkylation sites (tertiary alicyclic amines) is 1. The summed E-state index contributed by atoms with van der Waals surface area (Å²) in [6.45, 7) is 4.21. The van der Waals surface area contributed by atoms with Crippen molar-refractivity contribution in [3.63, 3.8) is 0 Å². The fourth-order valence-electron chi connectivity index (χ4n) is 3.17. The number of piperidine rings is 1. The van der Waals surface area contributed by atoms with Crippen LogP contribution in [0.1, 0.15) is 37.1 Å². The predicted molar refractivity (Wildman–Crippen MR) is 95.8 cm³/mol. The summed E-state index contributed by atoms with van der Waals surface area (Å²) < 4.78 is 0. The van der Waals surface area contributed by atoms with E-state index in [1.807, 2.05) is 35.7 Å². The standard InChI is InChI=1S/C18H23N3O2S/c1-13(22)19-18-20-16(12-24-18)11-21-9-7-15(8-10-21)17(23)14-5-3-2-4-6-14/h2-6,12,15,17,23H,7-11H2,1H3,(H,19,20,22)/t17-/m0/s1. The molecule has 0 aliphatic carbocycles. The summed E-state index contributed by atoms with van der Waals surface area (Å²) in [7, 11) is 0. The lowest BCUT2D eigenvalue weighted by Gasteiger charge is -2.34. The number of anilines is 1. The average molecular weight is 345 g/mol. The highest BCUT2D eigenvalue weighted by Gasteiger charge is 2.26. The Morgan fingerprint density at radius 3 is 2.75 bits per heavy atom. The van der Waals surface area contributed by atoms with E-state index in [0.29, 0.717) is 11.0 Å². The smallest absolute Gasteiger partial charge is 0.223 e. The van der Waals surface area contributed by atoms with Crippen molar-refractivity contribution in [2.45, 2.75) is 32.4 Å². The van der Waals surface area contributed by atoms with E-state index in [1.165, 1.54) is 18.3 Å². The van der Waals surface area contributed by atoms with E-state index in [-0.39, 0.29) is 12.0 Å². The molecular formula is C18H23N3O2S. The number of benzene rings is 1. The van der Waals surface area contributed by atoms with Crippen LogP contribution in [-0.4, -0.2) is 34.0 Å². The number of amides is 1. The number of nitrogens with zero attached hydrogens (tertiary/aromatic N) is 2. The number of aromatic nitrogens is 1. The van der Waals surface area contributed by atoms with Crippen LogP contribution < -0.4 is 5.32 Å². The Morgan fingerprint density at radius 2 is 2.08 bits per heavy atom. The molecule has 2 N–H and O–H groups in total. The summed E-state index contributed by atoms with van der Waals surface area (Å²) >= 11 is 1.46. The van der Waals surface area contributed by atoms with Gasteiger partial charge in [-0.2, -0.15) is 0 Å². The molecule has 1 fully saturated rings. The molecule has 1 amide bonds. The molecule has 0 bridgehead atoms. The van der Waals surface area contributed by atoms with Crippen molar-refractivity contribution >= 4 is 22.4 Å². The van der Waals surface area contributed by atoms with Gasteiger partial charge in [-0.15, -0.1) is 11.3 Å². The second kappa shape index (κ2) is 7.88. The second-order valence-corrected chi connectivity index (χ2v) is 7.15. The number of aliphatic hydroxyl groups is 1. The molecule has 0 radical (unpaired) electrons. The first-order valence-corrected chi connectivity index (χ1v) is 9.17. The van der Waals surface area contributed by atoms with Gasteiger partial charge < -0.3 is 10.4 Å². The highest BCUT2D eigenvalue weighted by atomic mass is 32.1. The molecule has 2 heterocycles. The van der Waals surface area contributed by atoms with Crippen molar-refractivity contribution in [1.29, 1.82) is 0 Å². The van der Waals surface area contributed by atoms with Crippen LogP contribution in [0.2, 0.25) is 0 Å². The van der Waals surface area contributed by atoms with Crippen molar-refractivity contribution < 1.29 is 9.90 Å². The van der Waals surface area contributed by atoms with Gasteiger partial charge in [-0.05, 0) is 37.4 Å². The number of hydrogen-bond acceptors (Lipinski definition) is 5. The molecule has 1 aromatic heterocycles. The molecule has 0 saturated carbocycles. The average Bonchev–Trinajstić information content (AvgIpc) is 3.02. The van der Waals surface area contributed by atoms with Crippen LogP contribution in [-0.2, 0) is 11.3 Å². The van der Waals surface area contributed by atoms with E-state index >= 15 is 0 Å². The van der Waals surface area contributed by atoms with Gasteiger partial charge in [0.05, 0.1) is 11.8 Å². The highest BCUT2D eigenvalue weighted by Crippen LogP contribution is 2.31. The molecule has 1 saturated heterocycles. The fraction of sp³-hybridized carbons (Fsp3) is 0.444. The van der Waals surface area contributed by atoms with E-state index < -0.39 is 0 Å². The molecule has 1 aliphatic rings. The first kappa shape index (κ1) is 17.1. The van der Waals surface area contributed by atoms with Gasteiger partial charge in [0, 0.05) is 18.8 Å². The van der Waals surface area contributed by atoms with Crippen LogP contribution in [0.25, 0.3) is 0 Å². The molecule has 6 heteroatoms. The molecule has 2 aromatic rings. The van der Waals surface area contributed by atoms with Gasteiger partial charge >= 0.3 is 0 Å². The largest absolute Gasteiger partial charge is 0.388 e. The quantitative estimate of drug-likeness (QED) is 0.874. The van der Waals surface area contributed by atoms with Crippen molar-refractivity contribution in [3.8, 4) is 0 Å². The van der Waals surface area contributed by atoms with Crippen molar-refractivity contribution in [2.75, 3.05) is 18.4 Å². The molecule has 5 nitrogen and oxygen atoms in total. The zero-order chi connectivity index (χ0) is 16.9. The van der Waals surface area contributed by atoms with Gasteiger partial charge in [-0.3, -0.25) is 9.69 Å². The first-order valence-electron chi connectivity index (χ1n) is 8.29. The maximum Gasteiger partial charge on any atom is 0.223 e. The third kappa shape index (κ3) is 4.41. The minimum Gasteiger partial charge on any atom is -0.388 e. The lowest BCUT2D eigenvalue weighted by Crippen LogP contribution is -2.35. The van der Waals surface area contributed by atoms with Gasteiger partial charge in [0.2, 0.25) is 5.91 Å². The lowest BCUT2D eigenvalue weighted by atomic mass is 9.87. The van der Waals surface area contributed by atoms with Crippen LogP contribution in [0, 0.1) is 5.92 Å². The molecule has 24 heavy (non-hydrogen) atoms. The van der Waals surface area contributed by atoms with E-state index in [1.54, 1.807) is 0 Å². The number of nitrogens with one attached hydrogen (secondary N) is 1. The molecule has 3 rings (SSSR count). The van der Waals surface area contributed by atoms with Crippen molar-refractivity contribution in [2.24, 2.45) is 5.92 Å². The summed E-state index contributed by atoms with van der Waals surface area (Å²) in [5, 5.41) is 15.9. The lowest BCUT2D eigenvalue weighted by molar-refractivity contribution is -0.114. The van der Waals surface area contributed by atoms with E-state index in [2.05, 4.69) is 15.2 Å². The van der Waals surface area contributed by atoms with Crippen LogP contribution in [0.4, 0.5) is 5.13 Å². The minimum absolute atomic E-state index is 0.0911. The third-order valence-electron chi connectivity index (χ3n) is 4.44. The summed E-state index contributed by atoms with van der Waals surface area (Å²) in [6.07, 6.45) is 1.59. The van der Waals surface area contributed by atoms with Gasteiger partial charge in [-0.25, -0.2) is 4.98 Å². The minimum atomic E-state index is -0.376. The zero-order valence-electron chi connectivity index (χ0n) is 13.8. The van der Waals surface area contributed by atoms with Gasteiger partial charge in [0.1, 0.15) is 0 Å². The summed E-state index contributed by atoms with van der Waals surface area (Å²) in [5.41, 5.74) is 2.00. The molecule has 0 unspecified atom stereocenters. The van der Waals surface area contributed by atoms with Gasteiger partial charge in [0.25, 0.3) is 0 Å². The summed E-state index contributed by atoms with van der Waals surface area (Å²) in [4.78, 5) is 17.9. The normalized spacial score (nSPS) is 17.6. The second-order valence-electron chi connectivity index (χ2n) is 6.29. The summed E-state index contributed by atoms with van der Waals surface area (Å²) in [6, 6.07) is 9.92. The molecule has 1 aromatic carbocycles. The zero-order valence-corrected chi connectivity index (χ0v) is 14.6. The topological polar surface area (TPSA) is 65.5 Å². The van der Waals surface area contributed by atoms with E-state index in [0.717, 1.165) is 43.7 Å². The van der Waals surface area contributed by atoms with E-state index in [9.17, 15) is 9.90 Å². The van der Waals surface area contributed by atoms with Crippen LogP contribution in [0.3, 0.4) is 0 Å². The predicted octanol–water partition coefficient (Wildman–Crippen LogP) is 3.05. The number of carbonyl (C=O) groups excluding carboxylic acids is 1. The van der Waals surface area contributed by atoms with E-state index in [4.69, 9.17) is 0 Å². The first-order chi connectivity index (χ1) is 11.6. The highest BCUT2D eigenvalue weighted by molar-refractivity contribution is 7.13. The Morgan fingerprint density at radius 1 is 1.38 bits per heavy atom. The summed E-state index contributed by atoms with van der Waals surface area (Å²) in [5.74, 6) is 0.223. The number of thiazole rings is 1. The monoisotopic (exact) mass is 345 g/mol. The Kier molecular flexibility index (Phi) is 5.60. The van der Waals surface area contributed by atoms with Crippen molar-refractivity contribution in [1.82, 2.24) is 9.88 Å². The fourth-order valence-corrected chi connectivity index (χ4v) is 3.91. The molecule has 0 spiro atoms. The SMILES string of the molecule is CC(=O)Nc1nc(CN2CCC([C@@H](O)c3ccccc3)CC2)cs1. The maximum absolute atomic E-state index is 11.1. The molecule has 1 aliphatic heterocycles. The number of hydrogen-bond donors (Lipinski definition) is 2. The van der Waals surface area contributed by atoms with Gasteiger partial charge in [-0.1, -0.05) is 30.3 Å². The molecular weight excluding hydrogens is 322 g/mol. The Labute approximate surface area is 146 Å². The third-order valence-corrected chi connectivity index (χ3v) is 5.25. The number of aliphatic hydroxyl groups excluding tert-OH is 1. The Balaban J connectivity index is 1.50. The van der Waals surface area contributed by atoms with Crippen LogP contribution in [0.5, 0.6) is 0 Å². The van der Waals surface area contributed by atoms with Crippen LogP contribution in [0.15, 0.2) is 35.7 Å². The Bertz CT molecular complexity index is 666. The van der Waals surface area contributed by atoms with Crippen molar-refractivity contribution in [3.05, 3.63) is 47.0 Å². The maximum atomic E-state index is 11.1. The number of rotatable bonds is 5.